The first-order valence-corrected chi connectivity index (χ1v) is 3.82. The molecule has 0 amide bonds. The van der Waals surface area contributed by atoms with Crippen molar-refractivity contribution in [3.8, 4) is 0 Å². The molecule has 1 atom stereocenters. The Balaban J connectivity index is 2.39. The highest BCUT2D eigenvalue weighted by Crippen LogP contribution is 2.17. The Hall–Kier alpha value is -0.970. The molecule has 0 spiro atoms. The number of halogens is 3. The van der Waals surface area contributed by atoms with Crippen molar-refractivity contribution < 1.29 is 17.6 Å². The summed E-state index contributed by atoms with van der Waals surface area (Å²) < 4.78 is 40.2. The second-order valence-electron chi connectivity index (χ2n) is 2.73. The SMILES string of the molecule is CC(NCC(F)(F)F)c1ccco1. The van der Waals surface area contributed by atoms with E-state index in [0.29, 0.717) is 5.76 Å². The number of alkyl halides is 3. The van der Waals surface area contributed by atoms with E-state index in [1.54, 1.807) is 19.1 Å². The van der Waals surface area contributed by atoms with Gasteiger partial charge in [0.25, 0.3) is 0 Å². The lowest BCUT2D eigenvalue weighted by Gasteiger charge is -2.12. The molecule has 0 aliphatic rings. The van der Waals surface area contributed by atoms with Crippen LogP contribution in [0.1, 0.15) is 18.7 Å². The Morgan fingerprint density at radius 3 is 2.69 bits per heavy atom. The molecule has 13 heavy (non-hydrogen) atoms. The topological polar surface area (TPSA) is 25.2 Å². The summed E-state index contributed by atoms with van der Waals surface area (Å²) in [5.74, 6) is 0.504. The van der Waals surface area contributed by atoms with Gasteiger partial charge >= 0.3 is 6.18 Å². The number of furan rings is 1. The van der Waals surface area contributed by atoms with E-state index in [9.17, 15) is 13.2 Å². The first-order chi connectivity index (χ1) is 5.99. The number of hydrogen-bond acceptors (Lipinski definition) is 2. The number of rotatable bonds is 3. The minimum atomic E-state index is -4.18. The minimum absolute atomic E-state index is 0.420. The van der Waals surface area contributed by atoms with Crippen molar-refractivity contribution in [1.29, 1.82) is 0 Å². The molecular formula is C8H10F3NO. The molecule has 0 aromatic carbocycles. The van der Waals surface area contributed by atoms with Gasteiger partial charge in [-0.05, 0) is 19.1 Å². The molecule has 1 aromatic rings. The van der Waals surface area contributed by atoms with Gasteiger partial charge in [-0.25, -0.2) is 0 Å². The van der Waals surface area contributed by atoms with Crippen molar-refractivity contribution in [2.75, 3.05) is 6.54 Å². The average Bonchev–Trinajstić information content (AvgIpc) is 2.50. The Morgan fingerprint density at radius 2 is 2.23 bits per heavy atom. The lowest BCUT2D eigenvalue weighted by molar-refractivity contribution is -0.126. The second kappa shape index (κ2) is 3.83. The quantitative estimate of drug-likeness (QED) is 0.797. The Morgan fingerprint density at radius 1 is 1.54 bits per heavy atom. The highest BCUT2D eigenvalue weighted by atomic mass is 19.4. The third-order valence-electron chi connectivity index (χ3n) is 1.58. The molecule has 0 aliphatic heterocycles. The van der Waals surface area contributed by atoms with Gasteiger partial charge in [0.2, 0.25) is 0 Å². The molecular weight excluding hydrogens is 183 g/mol. The van der Waals surface area contributed by atoms with Crippen LogP contribution in [0.25, 0.3) is 0 Å². The molecule has 1 heterocycles. The maximum Gasteiger partial charge on any atom is 0.401 e. The summed E-state index contributed by atoms with van der Waals surface area (Å²) in [7, 11) is 0. The number of nitrogens with one attached hydrogen (secondary N) is 1. The first-order valence-electron chi connectivity index (χ1n) is 3.82. The molecule has 5 heteroatoms. The van der Waals surface area contributed by atoms with Crippen LogP contribution in [0.15, 0.2) is 22.8 Å². The molecule has 1 aromatic heterocycles. The van der Waals surface area contributed by atoms with Crippen molar-refractivity contribution >= 4 is 0 Å². The fraction of sp³-hybridized carbons (Fsp3) is 0.500. The van der Waals surface area contributed by atoms with E-state index in [0.717, 1.165) is 0 Å². The lowest BCUT2D eigenvalue weighted by Crippen LogP contribution is -2.30. The maximum absolute atomic E-state index is 11.8. The molecule has 1 unspecified atom stereocenters. The van der Waals surface area contributed by atoms with Gasteiger partial charge < -0.3 is 4.42 Å². The molecule has 0 saturated heterocycles. The normalized spacial score (nSPS) is 14.5. The van der Waals surface area contributed by atoms with Crippen LogP contribution in [0.2, 0.25) is 0 Å². The van der Waals surface area contributed by atoms with Crippen LogP contribution >= 0.6 is 0 Å². The zero-order valence-corrected chi connectivity index (χ0v) is 7.06. The third-order valence-corrected chi connectivity index (χ3v) is 1.58. The predicted molar refractivity (Wildman–Crippen MR) is 41.2 cm³/mol. The van der Waals surface area contributed by atoms with Crippen LogP contribution in [0.4, 0.5) is 13.2 Å². The van der Waals surface area contributed by atoms with Crippen molar-refractivity contribution in [3.05, 3.63) is 24.2 Å². The van der Waals surface area contributed by atoms with E-state index in [2.05, 4.69) is 5.32 Å². The minimum Gasteiger partial charge on any atom is -0.468 e. The maximum atomic E-state index is 11.8. The van der Waals surface area contributed by atoms with Crippen LogP contribution in [0.5, 0.6) is 0 Å². The van der Waals surface area contributed by atoms with E-state index in [4.69, 9.17) is 4.42 Å². The van der Waals surface area contributed by atoms with Crippen molar-refractivity contribution in [3.63, 3.8) is 0 Å². The molecule has 74 valence electrons. The zero-order valence-electron chi connectivity index (χ0n) is 7.06. The fourth-order valence-corrected chi connectivity index (χ4v) is 0.907. The average molecular weight is 193 g/mol. The van der Waals surface area contributed by atoms with E-state index in [1.807, 2.05) is 0 Å². The summed E-state index contributed by atoms with van der Waals surface area (Å²) in [5.41, 5.74) is 0. The Kier molecular flexibility index (Phi) is 2.98. The predicted octanol–water partition coefficient (Wildman–Crippen LogP) is 2.49. The van der Waals surface area contributed by atoms with Gasteiger partial charge in [0.05, 0.1) is 18.8 Å². The molecule has 1 N–H and O–H groups in total. The summed E-state index contributed by atoms with van der Waals surface area (Å²) in [6.45, 7) is 0.611. The monoisotopic (exact) mass is 193 g/mol. The van der Waals surface area contributed by atoms with E-state index in [-0.39, 0.29) is 0 Å². The summed E-state index contributed by atoms with van der Waals surface area (Å²) in [6.07, 6.45) is -2.75. The van der Waals surface area contributed by atoms with Gasteiger partial charge in [-0.3, -0.25) is 5.32 Å². The van der Waals surface area contributed by atoms with Gasteiger partial charge in [-0.2, -0.15) is 13.2 Å². The van der Waals surface area contributed by atoms with Crippen LogP contribution in [-0.4, -0.2) is 12.7 Å². The Bertz CT molecular complexity index is 242. The summed E-state index contributed by atoms with van der Waals surface area (Å²) in [5, 5.41) is 2.31. The summed E-state index contributed by atoms with van der Waals surface area (Å²) in [6, 6.07) is 2.85. The van der Waals surface area contributed by atoms with E-state index >= 15 is 0 Å². The van der Waals surface area contributed by atoms with Crippen LogP contribution < -0.4 is 5.32 Å². The number of hydrogen-bond donors (Lipinski definition) is 1. The van der Waals surface area contributed by atoms with Gasteiger partial charge in [0, 0.05) is 0 Å². The van der Waals surface area contributed by atoms with Crippen LogP contribution in [-0.2, 0) is 0 Å². The zero-order chi connectivity index (χ0) is 9.90. The third kappa shape index (κ3) is 3.50. The lowest BCUT2D eigenvalue weighted by atomic mass is 10.2. The smallest absolute Gasteiger partial charge is 0.401 e. The van der Waals surface area contributed by atoms with Crippen LogP contribution in [0, 0.1) is 0 Å². The van der Waals surface area contributed by atoms with Gasteiger partial charge in [-0.15, -0.1) is 0 Å². The standard InChI is InChI=1S/C8H10F3NO/c1-6(7-3-2-4-13-7)12-5-8(9,10)11/h2-4,6,12H,5H2,1H3. The molecule has 0 radical (unpaired) electrons. The Labute approximate surface area is 73.7 Å². The van der Waals surface area contributed by atoms with Crippen molar-refractivity contribution in [2.45, 2.75) is 19.1 Å². The van der Waals surface area contributed by atoms with E-state index < -0.39 is 18.8 Å². The largest absolute Gasteiger partial charge is 0.468 e. The van der Waals surface area contributed by atoms with Crippen molar-refractivity contribution in [1.82, 2.24) is 5.32 Å². The molecule has 0 fully saturated rings. The highest BCUT2D eigenvalue weighted by molar-refractivity contribution is 5.02. The second-order valence-corrected chi connectivity index (χ2v) is 2.73. The van der Waals surface area contributed by atoms with Gasteiger partial charge in [-0.1, -0.05) is 0 Å². The summed E-state index contributed by atoms with van der Waals surface area (Å²) >= 11 is 0. The van der Waals surface area contributed by atoms with Gasteiger partial charge in [0.1, 0.15) is 5.76 Å². The van der Waals surface area contributed by atoms with Crippen LogP contribution in [0.3, 0.4) is 0 Å². The molecule has 1 rings (SSSR count). The molecule has 0 bridgehead atoms. The molecule has 0 saturated carbocycles. The van der Waals surface area contributed by atoms with Crippen molar-refractivity contribution in [2.24, 2.45) is 0 Å². The van der Waals surface area contributed by atoms with E-state index in [1.165, 1.54) is 6.26 Å². The first kappa shape index (κ1) is 10.1. The molecule has 2 nitrogen and oxygen atoms in total. The fourth-order valence-electron chi connectivity index (χ4n) is 0.907. The van der Waals surface area contributed by atoms with Gasteiger partial charge in [0.15, 0.2) is 0 Å². The summed E-state index contributed by atoms with van der Waals surface area (Å²) in [4.78, 5) is 0. The molecule has 0 aliphatic carbocycles. The highest BCUT2D eigenvalue weighted by Gasteiger charge is 2.27.